The average Bonchev–Trinajstić information content (AvgIpc) is 2.28. The number of anilines is 1. The van der Waals surface area contributed by atoms with Crippen molar-refractivity contribution in [2.75, 3.05) is 11.9 Å². The van der Waals surface area contributed by atoms with Crippen molar-refractivity contribution in [2.45, 2.75) is 32.7 Å². The Labute approximate surface area is 110 Å². The molecule has 0 fully saturated rings. The van der Waals surface area contributed by atoms with Gasteiger partial charge in [0.2, 0.25) is 0 Å². The highest BCUT2D eigenvalue weighted by Crippen LogP contribution is 2.15. The molecule has 2 amide bonds. The first kappa shape index (κ1) is 14.8. The lowest BCUT2D eigenvalue weighted by Crippen LogP contribution is -2.48. The van der Waals surface area contributed by atoms with E-state index in [9.17, 15) is 9.59 Å². The molecular weight excluding hydrogens is 250 g/mol. The molecule has 0 spiro atoms. The molecule has 0 saturated carbocycles. The van der Waals surface area contributed by atoms with Gasteiger partial charge in [0.05, 0.1) is 18.8 Å². The van der Waals surface area contributed by atoms with Gasteiger partial charge < -0.3 is 10.0 Å². The van der Waals surface area contributed by atoms with Gasteiger partial charge in [-0.05, 0) is 20.8 Å². The average molecular weight is 267 g/mol. The lowest BCUT2D eigenvalue weighted by molar-refractivity contribution is -0.137. The molecule has 2 N–H and O–H groups in total. The van der Waals surface area contributed by atoms with Crippen molar-refractivity contribution in [3.8, 4) is 0 Å². The summed E-state index contributed by atoms with van der Waals surface area (Å²) >= 11 is 0. The van der Waals surface area contributed by atoms with Gasteiger partial charge in [-0.25, -0.2) is 9.78 Å². The summed E-state index contributed by atoms with van der Waals surface area (Å²) in [4.78, 5) is 27.9. The van der Waals surface area contributed by atoms with Crippen LogP contribution in [0, 0.1) is 0 Å². The topological polar surface area (TPSA) is 108 Å². The summed E-state index contributed by atoms with van der Waals surface area (Å²) < 4.78 is 0. The molecule has 0 bridgehead atoms. The molecule has 19 heavy (non-hydrogen) atoms. The molecule has 0 atom stereocenters. The third-order valence-corrected chi connectivity index (χ3v) is 2.31. The Kier molecular flexibility index (Phi) is 4.74. The highest BCUT2D eigenvalue weighted by molar-refractivity contribution is 5.88. The summed E-state index contributed by atoms with van der Waals surface area (Å²) in [5, 5.41) is 18.4. The molecule has 1 heterocycles. The Balaban J connectivity index is 2.74. The van der Waals surface area contributed by atoms with E-state index >= 15 is 0 Å². The van der Waals surface area contributed by atoms with Crippen molar-refractivity contribution in [1.29, 1.82) is 0 Å². The van der Waals surface area contributed by atoms with Crippen LogP contribution in [-0.4, -0.2) is 49.3 Å². The minimum absolute atomic E-state index is 0.0806. The Morgan fingerprint density at radius 3 is 2.53 bits per heavy atom. The van der Waals surface area contributed by atoms with Crippen LogP contribution < -0.4 is 5.32 Å². The molecule has 8 nitrogen and oxygen atoms in total. The lowest BCUT2D eigenvalue weighted by Gasteiger charge is -2.35. The number of nitrogens with one attached hydrogen (secondary N) is 1. The maximum Gasteiger partial charge on any atom is 0.324 e. The quantitative estimate of drug-likeness (QED) is 0.841. The van der Waals surface area contributed by atoms with Crippen molar-refractivity contribution < 1.29 is 14.7 Å². The van der Waals surface area contributed by atoms with E-state index in [-0.39, 0.29) is 18.9 Å². The number of carboxylic acids is 1. The van der Waals surface area contributed by atoms with Crippen LogP contribution >= 0.6 is 0 Å². The first-order chi connectivity index (χ1) is 8.80. The lowest BCUT2D eigenvalue weighted by atomic mass is 10.1. The van der Waals surface area contributed by atoms with Gasteiger partial charge in [-0.15, -0.1) is 5.10 Å². The molecule has 0 aliphatic carbocycles. The standard InChI is InChI=1S/C11H17N5O3/c1-11(2,3)16(7-4-8(17)18)10(19)14-9-12-5-6-13-15-9/h5-6H,4,7H2,1-3H3,(H,17,18)(H,12,14,15,19). The van der Waals surface area contributed by atoms with E-state index in [4.69, 9.17) is 5.11 Å². The number of rotatable bonds is 4. The van der Waals surface area contributed by atoms with Crippen molar-refractivity contribution in [1.82, 2.24) is 20.1 Å². The largest absolute Gasteiger partial charge is 0.481 e. The zero-order valence-corrected chi connectivity index (χ0v) is 11.1. The van der Waals surface area contributed by atoms with Crippen molar-refractivity contribution in [3.05, 3.63) is 12.4 Å². The van der Waals surface area contributed by atoms with Crippen LogP contribution in [0.25, 0.3) is 0 Å². The van der Waals surface area contributed by atoms with Gasteiger partial charge >= 0.3 is 12.0 Å². The maximum atomic E-state index is 12.1. The fourth-order valence-electron chi connectivity index (χ4n) is 1.42. The summed E-state index contributed by atoms with van der Waals surface area (Å²) in [6.45, 7) is 5.56. The molecular formula is C11H17N5O3. The molecule has 0 radical (unpaired) electrons. The van der Waals surface area contributed by atoms with Crippen LogP contribution in [0.15, 0.2) is 12.4 Å². The first-order valence-electron chi connectivity index (χ1n) is 5.75. The van der Waals surface area contributed by atoms with Gasteiger partial charge in [0.15, 0.2) is 0 Å². The predicted octanol–water partition coefficient (Wildman–Crippen LogP) is 0.979. The van der Waals surface area contributed by atoms with Crippen LogP contribution in [0.1, 0.15) is 27.2 Å². The minimum Gasteiger partial charge on any atom is -0.481 e. The third-order valence-electron chi connectivity index (χ3n) is 2.31. The number of carbonyl (C=O) groups excluding carboxylic acids is 1. The molecule has 1 aromatic rings. The SMILES string of the molecule is CC(C)(C)N(CCC(=O)O)C(=O)Nc1nccnn1. The molecule has 8 heteroatoms. The summed E-state index contributed by atoms with van der Waals surface area (Å²) in [6.07, 6.45) is 2.67. The Bertz CT molecular complexity index is 443. The second-order valence-electron chi connectivity index (χ2n) is 4.86. The molecule has 0 aromatic carbocycles. The second kappa shape index (κ2) is 6.07. The Morgan fingerprint density at radius 1 is 1.37 bits per heavy atom. The third kappa shape index (κ3) is 4.86. The van der Waals surface area contributed by atoms with Gasteiger partial charge in [0.25, 0.3) is 5.95 Å². The summed E-state index contributed by atoms with van der Waals surface area (Å²) in [6, 6.07) is -0.457. The van der Waals surface area contributed by atoms with Crippen molar-refractivity contribution in [3.63, 3.8) is 0 Å². The van der Waals surface area contributed by atoms with Gasteiger partial charge in [-0.3, -0.25) is 10.1 Å². The van der Waals surface area contributed by atoms with E-state index < -0.39 is 17.5 Å². The molecule has 0 saturated heterocycles. The number of carboxylic acid groups (broad SMARTS) is 1. The fraction of sp³-hybridized carbons (Fsp3) is 0.545. The number of aliphatic carboxylic acids is 1. The van der Waals surface area contributed by atoms with Crippen molar-refractivity contribution in [2.24, 2.45) is 0 Å². The van der Waals surface area contributed by atoms with Crippen LogP contribution in [0.4, 0.5) is 10.7 Å². The molecule has 0 unspecified atom stereocenters. The van der Waals surface area contributed by atoms with E-state index in [1.807, 2.05) is 20.8 Å². The monoisotopic (exact) mass is 267 g/mol. The van der Waals surface area contributed by atoms with Crippen LogP contribution in [0.3, 0.4) is 0 Å². The smallest absolute Gasteiger partial charge is 0.324 e. The van der Waals surface area contributed by atoms with E-state index in [2.05, 4.69) is 20.5 Å². The number of hydrogen-bond donors (Lipinski definition) is 2. The van der Waals surface area contributed by atoms with E-state index in [0.717, 1.165) is 0 Å². The van der Waals surface area contributed by atoms with Crippen LogP contribution in [0.5, 0.6) is 0 Å². The highest BCUT2D eigenvalue weighted by Gasteiger charge is 2.27. The molecule has 1 rings (SSSR count). The molecule has 1 aromatic heterocycles. The van der Waals surface area contributed by atoms with E-state index in [1.54, 1.807) is 0 Å². The van der Waals surface area contributed by atoms with E-state index in [1.165, 1.54) is 17.3 Å². The predicted molar refractivity (Wildman–Crippen MR) is 67.6 cm³/mol. The van der Waals surface area contributed by atoms with Crippen molar-refractivity contribution >= 4 is 17.9 Å². The maximum absolute atomic E-state index is 12.1. The number of hydrogen-bond acceptors (Lipinski definition) is 5. The zero-order valence-electron chi connectivity index (χ0n) is 11.1. The second-order valence-corrected chi connectivity index (χ2v) is 4.86. The normalized spacial score (nSPS) is 10.9. The Morgan fingerprint density at radius 2 is 2.05 bits per heavy atom. The van der Waals surface area contributed by atoms with Gasteiger partial charge in [0, 0.05) is 12.1 Å². The molecule has 0 aliphatic heterocycles. The van der Waals surface area contributed by atoms with E-state index in [0.29, 0.717) is 0 Å². The number of aromatic nitrogens is 3. The summed E-state index contributed by atoms with van der Waals surface area (Å²) in [5.74, 6) is -0.878. The van der Waals surface area contributed by atoms with Gasteiger partial charge in [-0.2, -0.15) is 5.10 Å². The van der Waals surface area contributed by atoms with Gasteiger partial charge in [-0.1, -0.05) is 0 Å². The molecule has 0 aliphatic rings. The number of amides is 2. The molecule has 104 valence electrons. The number of carbonyl (C=O) groups is 2. The highest BCUT2D eigenvalue weighted by atomic mass is 16.4. The number of urea groups is 1. The summed E-state index contributed by atoms with van der Waals surface area (Å²) in [7, 11) is 0. The van der Waals surface area contributed by atoms with Crippen LogP contribution in [0.2, 0.25) is 0 Å². The number of nitrogens with zero attached hydrogens (tertiary/aromatic N) is 4. The fourth-order valence-corrected chi connectivity index (χ4v) is 1.42. The Hall–Kier alpha value is -2.25. The van der Waals surface area contributed by atoms with Crippen LogP contribution in [-0.2, 0) is 4.79 Å². The first-order valence-corrected chi connectivity index (χ1v) is 5.75. The van der Waals surface area contributed by atoms with Gasteiger partial charge in [0.1, 0.15) is 0 Å². The minimum atomic E-state index is -0.959. The summed E-state index contributed by atoms with van der Waals surface area (Å²) in [5.41, 5.74) is -0.512. The zero-order chi connectivity index (χ0) is 14.5.